The van der Waals surface area contributed by atoms with E-state index in [4.69, 9.17) is 4.74 Å². The van der Waals surface area contributed by atoms with E-state index in [-0.39, 0.29) is 5.82 Å². The Labute approximate surface area is 100 Å². The molecule has 1 aliphatic rings. The monoisotopic (exact) mass is 231 g/mol. The first-order valence-corrected chi connectivity index (χ1v) is 5.28. The normalized spacial score (nSPS) is 14.9. The Morgan fingerprint density at radius 2 is 2.12 bits per heavy atom. The van der Waals surface area contributed by atoms with Gasteiger partial charge in [-0.1, -0.05) is 12.7 Å². The molecule has 1 aromatic carbocycles. The van der Waals surface area contributed by atoms with E-state index in [0.29, 0.717) is 11.3 Å². The average Bonchev–Trinajstić information content (AvgIpc) is 2.33. The van der Waals surface area contributed by atoms with Gasteiger partial charge < -0.3 is 9.64 Å². The topological polar surface area (TPSA) is 12.5 Å². The van der Waals surface area contributed by atoms with Crippen LogP contribution in [-0.4, -0.2) is 19.1 Å². The van der Waals surface area contributed by atoms with Crippen molar-refractivity contribution in [1.82, 2.24) is 4.90 Å². The highest BCUT2D eigenvalue weighted by Crippen LogP contribution is 2.28. The molecule has 0 atom stereocenters. The minimum atomic E-state index is -0.300. The minimum Gasteiger partial charge on any atom is -0.497 e. The molecule has 1 aliphatic heterocycles. The first-order valence-electron chi connectivity index (χ1n) is 5.28. The van der Waals surface area contributed by atoms with Gasteiger partial charge in [0.05, 0.1) is 12.8 Å². The lowest BCUT2D eigenvalue weighted by molar-refractivity contribution is 0.411. The lowest BCUT2D eigenvalue weighted by atomic mass is 10.1. The standard InChI is InChI=1S/C14H14FNO/c1-10-5-4-6-14(16(10)2)12-8-7-11(17-3)9-13(12)15/h4-9H,1H2,2-3H3. The second-order valence-corrected chi connectivity index (χ2v) is 3.81. The molecule has 0 spiro atoms. The molecule has 0 unspecified atom stereocenters. The third-order valence-electron chi connectivity index (χ3n) is 2.79. The molecule has 0 saturated carbocycles. The van der Waals surface area contributed by atoms with Crippen LogP contribution in [0.4, 0.5) is 4.39 Å². The summed E-state index contributed by atoms with van der Waals surface area (Å²) < 4.78 is 18.9. The molecule has 2 nitrogen and oxygen atoms in total. The number of methoxy groups -OCH3 is 1. The summed E-state index contributed by atoms with van der Waals surface area (Å²) in [7, 11) is 3.38. The third-order valence-corrected chi connectivity index (χ3v) is 2.79. The van der Waals surface area contributed by atoms with Gasteiger partial charge in [-0.25, -0.2) is 4.39 Å². The Bertz CT molecular complexity index is 517. The van der Waals surface area contributed by atoms with Crippen molar-refractivity contribution in [2.75, 3.05) is 14.2 Å². The van der Waals surface area contributed by atoms with Gasteiger partial charge in [0.25, 0.3) is 0 Å². The molecule has 0 amide bonds. The summed E-state index contributed by atoms with van der Waals surface area (Å²) in [4.78, 5) is 1.85. The molecule has 0 saturated heterocycles. The van der Waals surface area contributed by atoms with Gasteiger partial charge in [0.15, 0.2) is 0 Å². The first-order chi connectivity index (χ1) is 8.13. The quantitative estimate of drug-likeness (QED) is 0.775. The second-order valence-electron chi connectivity index (χ2n) is 3.81. The second kappa shape index (κ2) is 4.45. The number of rotatable bonds is 2. The van der Waals surface area contributed by atoms with Crippen LogP contribution in [0.2, 0.25) is 0 Å². The van der Waals surface area contributed by atoms with E-state index in [1.54, 1.807) is 12.1 Å². The van der Waals surface area contributed by atoms with Crippen LogP contribution in [0.1, 0.15) is 5.56 Å². The maximum Gasteiger partial charge on any atom is 0.136 e. The highest BCUT2D eigenvalue weighted by molar-refractivity contribution is 5.70. The molecule has 1 aromatic rings. The van der Waals surface area contributed by atoms with Crippen molar-refractivity contribution in [3.05, 3.63) is 60.1 Å². The molecule has 0 aromatic heterocycles. The van der Waals surface area contributed by atoms with E-state index in [2.05, 4.69) is 6.58 Å². The smallest absolute Gasteiger partial charge is 0.136 e. The van der Waals surface area contributed by atoms with Crippen molar-refractivity contribution >= 4 is 5.70 Å². The van der Waals surface area contributed by atoms with Gasteiger partial charge in [0, 0.05) is 24.4 Å². The largest absolute Gasteiger partial charge is 0.497 e. The van der Waals surface area contributed by atoms with Crippen molar-refractivity contribution in [2.24, 2.45) is 0 Å². The van der Waals surface area contributed by atoms with Gasteiger partial charge in [-0.05, 0) is 24.3 Å². The number of hydrogen-bond acceptors (Lipinski definition) is 2. The fourth-order valence-corrected chi connectivity index (χ4v) is 1.73. The number of benzene rings is 1. The van der Waals surface area contributed by atoms with Crippen LogP contribution in [-0.2, 0) is 0 Å². The predicted octanol–water partition coefficient (Wildman–Crippen LogP) is 3.19. The number of nitrogens with zero attached hydrogens (tertiary/aromatic N) is 1. The molecule has 3 heteroatoms. The van der Waals surface area contributed by atoms with Crippen molar-refractivity contribution in [2.45, 2.75) is 0 Å². The summed E-state index contributed by atoms with van der Waals surface area (Å²) in [5, 5.41) is 0. The molecule has 0 radical (unpaired) electrons. The highest BCUT2D eigenvalue weighted by atomic mass is 19.1. The average molecular weight is 231 g/mol. The summed E-state index contributed by atoms with van der Waals surface area (Å²) in [6.45, 7) is 3.89. The third kappa shape index (κ3) is 2.09. The van der Waals surface area contributed by atoms with Gasteiger partial charge in [0.1, 0.15) is 11.6 Å². The molecule has 1 heterocycles. The number of ether oxygens (including phenoxy) is 1. The summed E-state index contributed by atoms with van der Waals surface area (Å²) >= 11 is 0. The molecule has 2 rings (SSSR count). The maximum absolute atomic E-state index is 13.9. The van der Waals surface area contributed by atoms with E-state index in [9.17, 15) is 4.39 Å². The van der Waals surface area contributed by atoms with Gasteiger partial charge in [-0.2, -0.15) is 0 Å². The van der Waals surface area contributed by atoms with Crippen molar-refractivity contribution in [3.8, 4) is 5.75 Å². The van der Waals surface area contributed by atoms with E-state index in [1.807, 2.05) is 30.2 Å². The van der Waals surface area contributed by atoms with Crippen molar-refractivity contribution < 1.29 is 9.13 Å². The summed E-state index contributed by atoms with van der Waals surface area (Å²) in [6, 6.07) is 4.84. The number of likely N-dealkylation sites (N-methyl/N-ethyl adjacent to an activating group) is 1. The van der Waals surface area contributed by atoms with Gasteiger partial charge in [0.2, 0.25) is 0 Å². The zero-order chi connectivity index (χ0) is 12.4. The zero-order valence-corrected chi connectivity index (χ0v) is 9.90. The maximum atomic E-state index is 13.9. The Balaban J connectivity index is 2.44. The summed E-state index contributed by atoms with van der Waals surface area (Å²) in [5.41, 5.74) is 2.16. The minimum absolute atomic E-state index is 0.300. The molecular formula is C14H14FNO. The molecule has 88 valence electrons. The predicted molar refractivity (Wildman–Crippen MR) is 67.0 cm³/mol. The molecule has 0 N–H and O–H groups in total. The fourth-order valence-electron chi connectivity index (χ4n) is 1.73. The lowest BCUT2D eigenvalue weighted by Gasteiger charge is -2.26. The Morgan fingerprint density at radius 3 is 2.76 bits per heavy atom. The van der Waals surface area contributed by atoms with Crippen molar-refractivity contribution in [1.29, 1.82) is 0 Å². The van der Waals surface area contributed by atoms with Gasteiger partial charge in [-0.3, -0.25) is 0 Å². The summed E-state index contributed by atoms with van der Waals surface area (Å²) in [5.74, 6) is 0.213. The van der Waals surface area contributed by atoms with Crippen LogP contribution in [0.25, 0.3) is 5.70 Å². The number of allylic oxidation sites excluding steroid dienone is 3. The van der Waals surface area contributed by atoms with Crippen molar-refractivity contribution in [3.63, 3.8) is 0 Å². The first kappa shape index (κ1) is 11.5. The molecule has 0 fully saturated rings. The summed E-state index contributed by atoms with van der Waals surface area (Å²) in [6.07, 6.45) is 5.60. The van der Waals surface area contributed by atoms with Crippen LogP contribution >= 0.6 is 0 Å². The number of halogens is 1. The van der Waals surface area contributed by atoms with Crippen LogP contribution < -0.4 is 4.74 Å². The van der Waals surface area contributed by atoms with Gasteiger partial charge >= 0.3 is 0 Å². The SMILES string of the molecule is C=C1C=CC=C(c2ccc(OC)cc2F)N1C. The van der Waals surface area contributed by atoms with E-state index in [0.717, 1.165) is 11.4 Å². The molecule has 0 aliphatic carbocycles. The van der Waals surface area contributed by atoms with Crippen LogP contribution in [0.3, 0.4) is 0 Å². The van der Waals surface area contributed by atoms with E-state index >= 15 is 0 Å². The zero-order valence-electron chi connectivity index (χ0n) is 9.90. The van der Waals surface area contributed by atoms with E-state index in [1.165, 1.54) is 13.2 Å². The molecule has 0 bridgehead atoms. The van der Waals surface area contributed by atoms with Crippen LogP contribution in [0, 0.1) is 5.82 Å². The molecule has 17 heavy (non-hydrogen) atoms. The van der Waals surface area contributed by atoms with Crippen LogP contribution in [0.15, 0.2) is 48.7 Å². The Morgan fingerprint density at radius 1 is 1.35 bits per heavy atom. The van der Waals surface area contributed by atoms with Gasteiger partial charge in [-0.15, -0.1) is 0 Å². The van der Waals surface area contributed by atoms with E-state index < -0.39 is 0 Å². The molecular weight excluding hydrogens is 217 g/mol. The van der Waals surface area contributed by atoms with Crippen LogP contribution in [0.5, 0.6) is 5.75 Å². The lowest BCUT2D eigenvalue weighted by Crippen LogP contribution is -2.17. The Kier molecular flexibility index (Phi) is 3.00. The number of hydrogen-bond donors (Lipinski definition) is 0. The highest BCUT2D eigenvalue weighted by Gasteiger charge is 2.15. The Hall–Kier alpha value is -2.03. The fraction of sp³-hybridized carbons (Fsp3) is 0.143.